The van der Waals surface area contributed by atoms with Gasteiger partial charge in [0.05, 0.1) is 12.0 Å². The number of benzene rings is 1. The lowest BCUT2D eigenvalue weighted by atomic mass is 9.95. The maximum absolute atomic E-state index is 13.1. The number of carbonyl (C=O) groups is 1. The minimum Gasteiger partial charge on any atom is -0.464 e. The van der Waals surface area contributed by atoms with E-state index in [4.69, 9.17) is 26.7 Å². The number of anilines is 1. The average molecular weight is 424 g/mol. The molecular formula is C22H18ClN3O2S. The Hall–Kier alpha value is -2.67. The molecule has 29 heavy (non-hydrogen) atoms. The van der Waals surface area contributed by atoms with E-state index in [1.165, 1.54) is 11.3 Å². The van der Waals surface area contributed by atoms with Gasteiger partial charge in [-0.2, -0.15) is 0 Å². The molecule has 0 unspecified atom stereocenters. The van der Waals surface area contributed by atoms with Gasteiger partial charge in [-0.1, -0.05) is 11.6 Å². The molecule has 3 aromatic heterocycles. The number of ketones is 1. The van der Waals surface area contributed by atoms with Crippen LogP contribution in [0.2, 0.25) is 5.02 Å². The molecule has 1 aromatic carbocycles. The highest BCUT2D eigenvalue weighted by Crippen LogP contribution is 2.44. The summed E-state index contributed by atoms with van der Waals surface area (Å²) in [6.07, 6.45) is 2.51. The number of fused-ring (bicyclic) bond motifs is 2. The minimum atomic E-state index is -0.123. The first kappa shape index (κ1) is 18.4. The van der Waals surface area contributed by atoms with E-state index >= 15 is 0 Å². The van der Waals surface area contributed by atoms with Gasteiger partial charge in [0.15, 0.2) is 0 Å². The van der Waals surface area contributed by atoms with Crippen LogP contribution in [-0.4, -0.2) is 29.3 Å². The SMILES string of the molecule is CN1CCc2nc3sc(C(=O)c4ccc(Cl)cc4)c(N)c3c(-c3ccco3)c2C1. The van der Waals surface area contributed by atoms with E-state index in [0.717, 1.165) is 52.3 Å². The van der Waals surface area contributed by atoms with Crippen LogP contribution in [-0.2, 0) is 13.0 Å². The number of thiophene rings is 1. The zero-order valence-electron chi connectivity index (χ0n) is 15.7. The maximum Gasteiger partial charge on any atom is 0.205 e. The van der Waals surface area contributed by atoms with Crippen molar-refractivity contribution in [3.8, 4) is 11.3 Å². The fourth-order valence-corrected chi connectivity index (χ4v) is 5.07. The lowest BCUT2D eigenvalue weighted by molar-refractivity contribution is 0.104. The molecule has 0 atom stereocenters. The summed E-state index contributed by atoms with van der Waals surface area (Å²) in [4.78, 5) is 21.6. The van der Waals surface area contributed by atoms with Gasteiger partial charge in [0.25, 0.3) is 0 Å². The van der Waals surface area contributed by atoms with Crippen molar-refractivity contribution in [2.75, 3.05) is 19.3 Å². The molecule has 5 nitrogen and oxygen atoms in total. The van der Waals surface area contributed by atoms with Crippen LogP contribution in [0.15, 0.2) is 47.1 Å². The normalized spacial score (nSPS) is 14.3. The Labute approximate surface area is 176 Å². The number of likely N-dealkylation sites (N-methyl/N-ethyl adjacent to an activating group) is 1. The third-order valence-corrected chi connectivity index (χ3v) is 6.65. The molecule has 0 saturated heterocycles. The Morgan fingerprint density at radius 3 is 2.79 bits per heavy atom. The number of pyridine rings is 1. The molecule has 5 rings (SSSR count). The number of furan rings is 1. The van der Waals surface area contributed by atoms with Crippen molar-refractivity contribution >= 4 is 44.6 Å². The summed E-state index contributed by atoms with van der Waals surface area (Å²) in [7, 11) is 2.09. The van der Waals surface area contributed by atoms with Crippen LogP contribution in [0.3, 0.4) is 0 Å². The molecule has 146 valence electrons. The number of nitrogens with zero attached hydrogens (tertiary/aromatic N) is 2. The van der Waals surface area contributed by atoms with Gasteiger partial charge < -0.3 is 15.1 Å². The van der Waals surface area contributed by atoms with Crippen LogP contribution in [0.25, 0.3) is 21.5 Å². The number of rotatable bonds is 3. The molecule has 0 fully saturated rings. The summed E-state index contributed by atoms with van der Waals surface area (Å²) in [5, 5.41) is 1.39. The fourth-order valence-electron chi connectivity index (χ4n) is 3.85. The van der Waals surface area contributed by atoms with Gasteiger partial charge in [-0.05, 0) is 49.0 Å². The summed E-state index contributed by atoms with van der Waals surface area (Å²) in [5.41, 5.74) is 10.7. The molecule has 1 aliphatic heterocycles. The Balaban J connectivity index is 1.76. The number of nitrogen functional groups attached to an aromatic ring is 1. The second-order valence-corrected chi connectivity index (χ2v) is 8.67. The average Bonchev–Trinajstić information content (AvgIpc) is 3.35. The standard InChI is InChI=1S/C22H18ClN3O2S/c1-26-9-8-15-14(11-26)17(16-3-2-10-28-16)18-19(24)21(29-22(18)25-15)20(27)12-4-6-13(23)7-5-12/h2-7,10H,8-9,11,24H2,1H3. The van der Waals surface area contributed by atoms with E-state index in [-0.39, 0.29) is 5.78 Å². The molecule has 4 heterocycles. The summed E-state index contributed by atoms with van der Waals surface area (Å²) in [6.45, 7) is 1.71. The Morgan fingerprint density at radius 1 is 1.28 bits per heavy atom. The van der Waals surface area contributed by atoms with Crippen molar-refractivity contribution in [3.05, 3.63) is 69.4 Å². The van der Waals surface area contributed by atoms with Crippen molar-refractivity contribution < 1.29 is 9.21 Å². The molecule has 0 aliphatic carbocycles. The highest BCUT2D eigenvalue weighted by Gasteiger charge is 2.28. The molecule has 1 aliphatic rings. The fraction of sp³-hybridized carbons (Fsp3) is 0.182. The van der Waals surface area contributed by atoms with Gasteiger partial charge in [0.1, 0.15) is 15.5 Å². The Morgan fingerprint density at radius 2 is 2.07 bits per heavy atom. The summed E-state index contributed by atoms with van der Waals surface area (Å²) >= 11 is 7.30. The predicted octanol–water partition coefficient (Wildman–Crippen LogP) is 5.01. The molecule has 4 aromatic rings. The second kappa shape index (κ2) is 6.99. The molecule has 0 spiro atoms. The van der Waals surface area contributed by atoms with Crippen LogP contribution in [0, 0.1) is 0 Å². The molecule has 2 N–H and O–H groups in total. The zero-order valence-corrected chi connectivity index (χ0v) is 17.3. The topological polar surface area (TPSA) is 72.4 Å². The number of hydrogen-bond donors (Lipinski definition) is 1. The zero-order chi connectivity index (χ0) is 20.1. The first-order valence-electron chi connectivity index (χ1n) is 9.29. The molecular weight excluding hydrogens is 406 g/mol. The van der Waals surface area contributed by atoms with Crippen molar-refractivity contribution in [1.82, 2.24) is 9.88 Å². The number of aromatic nitrogens is 1. The van der Waals surface area contributed by atoms with Crippen LogP contribution in [0.1, 0.15) is 26.5 Å². The van der Waals surface area contributed by atoms with Crippen molar-refractivity contribution in [2.24, 2.45) is 0 Å². The van der Waals surface area contributed by atoms with Gasteiger partial charge in [-0.15, -0.1) is 11.3 Å². The molecule has 0 amide bonds. The van der Waals surface area contributed by atoms with E-state index in [1.807, 2.05) is 12.1 Å². The largest absolute Gasteiger partial charge is 0.464 e. The van der Waals surface area contributed by atoms with E-state index in [9.17, 15) is 4.79 Å². The Kier molecular flexibility index (Phi) is 4.42. The number of hydrogen-bond acceptors (Lipinski definition) is 6. The van der Waals surface area contributed by atoms with E-state index in [1.54, 1.807) is 30.5 Å². The summed E-state index contributed by atoms with van der Waals surface area (Å²) in [6, 6.07) is 10.6. The quantitative estimate of drug-likeness (QED) is 0.469. The lowest BCUT2D eigenvalue weighted by Gasteiger charge is -2.26. The van der Waals surface area contributed by atoms with Crippen molar-refractivity contribution in [1.29, 1.82) is 0 Å². The summed E-state index contributed by atoms with van der Waals surface area (Å²) in [5.74, 6) is 0.626. The van der Waals surface area contributed by atoms with Crippen molar-refractivity contribution in [2.45, 2.75) is 13.0 Å². The van der Waals surface area contributed by atoms with Crippen molar-refractivity contribution in [3.63, 3.8) is 0 Å². The lowest BCUT2D eigenvalue weighted by Crippen LogP contribution is -2.27. The van der Waals surface area contributed by atoms with Crippen LogP contribution < -0.4 is 5.73 Å². The minimum absolute atomic E-state index is 0.123. The van der Waals surface area contributed by atoms with Crippen LogP contribution >= 0.6 is 22.9 Å². The van der Waals surface area contributed by atoms with Gasteiger partial charge >= 0.3 is 0 Å². The van der Waals surface area contributed by atoms with Gasteiger partial charge in [-0.3, -0.25) is 4.79 Å². The maximum atomic E-state index is 13.1. The number of nitrogens with two attached hydrogens (primary N) is 1. The first-order chi connectivity index (χ1) is 14.0. The predicted molar refractivity (Wildman–Crippen MR) is 117 cm³/mol. The van der Waals surface area contributed by atoms with Crippen LogP contribution in [0.5, 0.6) is 0 Å². The van der Waals surface area contributed by atoms with E-state index in [0.29, 0.717) is 21.2 Å². The summed E-state index contributed by atoms with van der Waals surface area (Å²) < 4.78 is 5.75. The third-order valence-electron chi connectivity index (χ3n) is 5.30. The number of halogens is 1. The number of carbonyl (C=O) groups excluding carboxylic acids is 1. The van der Waals surface area contributed by atoms with Gasteiger partial charge in [0.2, 0.25) is 5.78 Å². The molecule has 0 radical (unpaired) electrons. The molecule has 7 heteroatoms. The monoisotopic (exact) mass is 423 g/mol. The van der Waals surface area contributed by atoms with Crippen LogP contribution in [0.4, 0.5) is 5.69 Å². The first-order valence-corrected chi connectivity index (χ1v) is 10.5. The highest BCUT2D eigenvalue weighted by atomic mass is 35.5. The molecule has 0 saturated carbocycles. The third kappa shape index (κ3) is 3.04. The molecule has 0 bridgehead atoms. The van der Waals surface area contributed by atoms with Gasteiger partial charge in [-0.25, -0.2) is 4.98 Å². The second-order valence-electron chi connectivity index (χ2n) is 7.24. The van der Waals surface area contributed by atoms with E-state index in [2.05, 4.69) is 11.9 Å². The highest BCUT2D eigenvalue weighted by molar-refractivity contribution is 7.21. The smallest absolute Gasteiger partial charge is 0.205 e. The van der Waals surface area contributed by atoms with Gasteiger partial charge in [0, 0.05) is 46.7 Å². The van der Waals surface area contributed by atoms with E-state index < -0.39 is 0 Å². The Bertz CT molecular complexity index is 1230.